The molecule has 0 spiro atoms. The molecular formula is C14H19N3O3. The lowest BCUT2D eigenvalue weighted by Gasteiger charge is -2.11. The van der Waals surface area contributed by atoms with Gasteiger partial charge in [-0.1, -0.05) is 0 Å². The van der Waals surface area contributed by atoms with Crippen LogP contribution in [0.5, 0.6) is 5.88 Å². The number of aryl methyl sites for hydroxylation is 3. The van der Waals surface area contributed by atoms with Crippen LogP contribution in [-0.4, -0.2) is 33.7 Å². The number of fused-ring (bicyclic) bond motifs is 1. The fourth-order valence-electron chi connectivity index (χ4n) is 2.16. The highest BCUT2D eigenvalue weighted by Crippen LogP contribution is 2.29. The number of carbonyl (C=O) groups excluding carboxylic acids is 1. The lowest BCUT2D eigenvalue weighted by Crippen LogP contribution is -2.11. The molecule has 20 heavy (non-hydrogen) atoms. The minimum Gasteiger partial charge on any atom is -0.476 e. The number of rotatable bonds is 4. The molecule has 0 fully saturated rings. The minimum absolute atomic E-state index is 0.323. The number of aromatic nitrogens is 3. The molecule has 108 valence electrons. The lowest BCUT2D eigenvalue weighted by molar-refractivity contribution is 0.0527. The van der Waals surface area contributed by atoms with Gasteiger partial charge in [-0.2, -0.15) is 0 Å². The summed E-state index contributed by atoms with van der Waals surface area (Å²) in [7, 11) is 1.86. The van der Waals surface area contributed by atoms with Crippen LogP contribution in [0.4, 0.5) is 0 Å². The van der Waals surface area contributed by atoms with Gasteiger partial charge < -0.3 is 14.0 Å². The van der Waals surface area contributed by atoms with Crippen LogP contribution >= 0.6 is 0 Å². The van der Waals surface area contributed by atoms with Gasteiger partial charge in [-0.25, -0.2) is 14.8 Å². The van der Waals surface area contributed by atoms with E-state index in [1.807, 2.05) is 25.5 Å². The first kappa shape index (κ1) is 14.3. The maximum atomic E-state index is 12.2. The number of pyridine rings is 1. The number of esters is 1. The lowest BCUT2D eigenvalue weighted by atomic mass is 10.1. The van der Waals surface area contributed by atoms with E-state index in [1.54, 1.807) is 13.8 Å². The number of imidazole rings is 1. The van der Waals surface area contributed by atoms with Crippen LogP contribution in [-0.2, 0) is 11.8 Å². The quantitative estimate of drug-likeness (QED) is 0.801. The highest BCUT2D eigenvalue weighted by atomic mass is 16.5. The van der Waals surface area contributed by atoms with Crippen molar-refractivity contribution < 1.29 is 14.3 Å². The second-order valence-electron chi connectivity index (χ2n) is 4.45. The Kier molecular flexibility index (Phi) is 3.92. The molecular weight excluding hydrogens is 258 g/mol. The molecule has 6 heteroatoms. The van der Waals surface area contributed by atoms with Crippen LogP contribution < -0.4 is 4.74 Å². The van der Waals surface area contributed by atoms with Crippen LogP contribution in [0, 0.1) is 13.8 Å². The summed E-state index contributed by atoms with van der Waals surface area (Å²) in [5.41, 5.74) is 2.34. The number of nitrogens with zero attached hydrogens (tertiary/aromatic N) is 3. The Bertz CT molecular complexity index is 661. The fourth-order valence-corrected chi connectivity index (χ4v) is 2.16. The van der Waals surface area contributed by atoms with Gasteiger partial charge in [-0.3, -0.25) is 0 Å². The monoisotopic (exact) mass is 277 g/mol. The van der Waals surface area contributed by atoms with Gasteiger partial charge in [0.1, 0.15) is 11.4 Å². The molecule has 2 rings (SSSR count). The third kappa shape index (κ3) is 2.21. The maximum absolute atomic E-state index is 12.2. The van der Waals surface area contributed by atoms with Crippen molar-refractivity contribution in [2.75, 3.05) is 13.2 Å². The number of carbonyl (C=O) groups is 1. The first-order chi connectivity index (χ1) is 9.51. The van der Waals surface area contributed by atoms with Crippen molar-refractivity contribution in [3.8, 4) is 5.88 Å². The van der Waals surface area contributed by atoms with Crippen molar-refractivity contribution in [3.63, 3.8) is 0 Å². The van der Waals surface area contributed by atoms with E-state index in [2.05, 4.69) is 9.97 Å². The van der Waals surface area contributed by atoms with Crippen LogP contribution in [0.2, 0.25) is 0 Å². The summed E-state index contributed by atoms with van der Waals surface area (Å²) in [6, 6.07) is 0. The van der Waals surface area contributed by atoms with Crippen molar-refractivity contribution >= 4 is 17.0 Å². The highest BCUT2D eigenvalue weighted by Gasteiger charge is 2.23. The van der Waals surface area contributed by atoms with E-state index in [-0.39, 0.29) is 5.97 Å². The SMILES string of the molecule is CCOC(=O)c1c(C)nc(OCC)c2nc(C)n(C)c12. The Morgan fingerprint density at radius 3 is 2.50 bits per heavy atom. The first-order valence-electron chi connectivity index (χ1n) is 6.64. The summed E-state index contributed by atoms with van der Waals surface area (Å²) in [6.45, 7) is 8.13. The van der Waals surface area contributed by atoms with Gasteiger partial charge in [0.15, 0.2) is 5.52 Å². The first-order valence-corrected chi connectivity index (χ1v) is 6.64. The third-order valence-corrected chi connectivity index (χ3v) is 3.15. The Morgan fingerprint density at radius 2 is 1.90 bits per heavy atom. The molecule has 0 saturated heterocycles. The van der Waals surface area contributed by atoms with Crippen LogP contribution in [0.3, 0.4) is 0 Å². The molecule has 0 amide bonds. The zero-order chi connectivity index (χ0) is 14.9. The molecule has 0 aliphatic carbocycles. The molecule has 0 aliphatic rings. The Hall–Kier alpha value is -2.11. The average Bonchev–Trinajstić information content (AvgIpc) is 2.68. The van der Waals surface area contributed by atoms with E-state index in [1.165, 1.54) is 0 Å². The predicted molar refractivity (Wildman–Crippen MR) is 75.1 cm³/mol. The molecule has 0 aromatic carbocycles. The molecule has 2 aromatic rings. The molecule has 0 unspecified atom stereocenters. The predicted octanol–water partition coefficient (Wildman–Crippen LogP) is 2.16. The molecule has 0 radical (unpaired) electrons. The molecule has 0 N–H and O–H groups in total. The van der Waals surface area contributed by atoms with Crippen LogP contribution in [0.15, 0.2) is 0 Å². The maximum Gasteiger partial charge on any atom is 0.342 e. The number of ether oxygens (including phenoxy) is 2. The third-order valence-electron chi connectivity index (χ3n) is 3.15. The van der Waals surface area contributed by atoms with E-state index in [0.29, 0.717) is 41.4 Å². The summed E-state index contributed by atoms with van der Waals surface area (Å²) < 4.78 is 12.5. The largest absolute Gasteiger partial charge is 0.476 e. The molecule has 0 atom stereocenters. The summed E-state index contributed by atoms with van der Waals surface area (Å²) in [5.74, 6) is 0.865. The standard InChI is InChI=1S/C14H19N3O3/c1-6-19-13-11-12(17(5)9(4)16-11)10(8(3)15-13)14(18)20-7-2/h6-7H2,1-5H3. The van der Waals surface area contributed by atoms with Gasteiger partial charge in [0.2, 0.25) is 5.88 Å². The number of hydrogen-bond acceptors (Lipinski definition) is 5. The van der Waals surface area contributed by atoms with Crippen LogP contribution in [0.25, 0.3) is 11.0 Å². The Morgan fingerprint density at radius 1 is 1.20 bits per heavy atom. The minimum atomic E-state index is -0.381. The second kappa shape index (κ2) is 5.48. The summed E-state index contributed by atoms with van der Waals surface area (Å²) in [4.78, 5) is 21.0. The van der Waals surface area contributed by atoms with E-state index >= 15 is 0 Å². The Balaban J connectivity index is 2.78. The second-order valence-corrected chi connectivity index (χ2v) is 4.45. The van der Waals surface area contributed by atoms with Crippen molar-refractivity contribution in [1.29, 1.82) is 0 Å². The highest BCUT2D eigenvalue weighted by molar-refractivity contribution is 6.04. The molecule has 0 bridgehead atoms. The molecule has 6 nitrogen and oxygen atoms in total. The van der Waals surface area contributed by atoms with Gasteiger partial charge in [-0.15, -0.1) is 0 Å². The molecule has 2 heterocycles. The zero-order valence-electron chi connectivity index (χ0n) is 12.5. The van der Waals surface area contributed by atoms with Gasteiger partial charge in [0, 0.05) is 7.05 Å². The van der Waals surface area contributed by atoms with Gasteiger partial charge >= 0.3 is 5.97 Å². The smallest absolute Gasteiger partial charge is 0.342 e. The van der Waals surface area contributed by atoms with Crippen molar-refractivity contribution in [1.82, 2.24) is 14.5 Å². The van der Waals surface area contributed by atoms with E-state index in [9.17, 15) is 4.79 Å². The Labute approximate surface area is 117 Å². The zero-order valence-corrected chi connectivity index (χ0v) is 12.5. The summed E-state index contributed by atoms with van der Waals surface area (Å²) in [5, 5.41) is 0. The topological polar surface area (TPSA) is 66.2 Å². The van der Waals surface area contributed by atoms with Crippen molar-refractivity contribution in [3.05, 3.63) is 17.1 Å². The van der Waals surface area contributed by atoms with Crippen molar-refractivity contribution in [2.24, 2.45) is 7.05 Å². The fraction of sp³-hybridized carbons (Fsp3) is 0.500. The van der Waals surface area contributed by atoms with Crippen LogP contribution in [0.1, 0.15) is 35.7 Å². The average molecular weight is 277 g/mol. The van der Waals surface area contributed by atoms with E-state index < -0.39 is 0 Å². The summed E-state index contributed by atoms with van der Waals surface area (Å²) >= 11 is 0. The number of hydrogen-bond donors (Lipinski definition) is 0. The molecule has 2 aromatic heterocycles. The molecule has 0 aliphatic heterocycles. The van der Waals surface area contributed by atoms with E-state index in [4.69, 9.17) is 9.47 Å². The van der Waals surface area contributed by atoms with Crippen molar-refractivity contribution in [2.45, 2.75) is 27.7 Å². The normalized spacial score (nSPS) is 10.8. The van der Waals surface area contributed by atoms with Gasteiger partial charge in [0.25, 0.3) is 0 Å². The van der Waals surface area contributed by atoms with E-state index in [0.717, 1.165) is 5.82 Å². The summed E-state index contributed by atoms with van der Waals surface area (Å²) in [6.07, 6.45) is 0. The van der Waals surface area contributed by atoms with Gasteiger partial charge in [0.05, 0.1) is 24.4 Å². The molecule has 0 saturated carbocycles. The van der Waals surface area contributed by atoms with Gasteiger partial charge in [-0.05, 0) is 27.7 Å².